The molecule has 0 aliphatic carbocycles. The molecule has 15 aromatic carbocycles. The van der Waals surface area contributed by atoms with Crippen molar-refractivity contribution in [2.24, 2.45) is 0 Å². The molecule has 16 rings (SSSR count). The van der Waals surface area contributed by atoms with Crippen LogP contribution in [0.25, 0.3) is 130 Å². The normalized spacial score (nSPS) is 15.7. The minimum absolute atomic E-state index is 0.230. The van der Waals surface area contributed by atoms with Crippen LogP contribution in [0.5, 0.6) is 0 Å². The van der Waals surface area contributed by atoms with Gasteiger partial charge in [0, 0.05) is 16.2 Å². The van der Waals surface area contributed by atoms with Gasteiger partial charge < -0.3 is 4.42 Å². The van der Waals surface area contributed by atoms with E-state index < -0.39 is 151 Å². The first-order valence-electron chi connectivity index (χ1n) is 36.0. The summed E-state index contributed by atoms with van der Waals surface area (Å²) in [6, 6.07) is 37.7. The highest BCUT2D eigenvalue weighted by Gasteiger charge is 2.21. The number of benzene rings is 15. The van der Waals surface area contributed by atoms with Gasteiger partial charge >= 0.3 is 0 Å². The van der Waals surface area contributed by atoms with E-state index in [1.807, 2.05) is 0 Å². The van der Waals surface area contributed by atoms with Crippen molar-refractivity contribution in [1.29, 1.82) is 0 Å². The zero-order valence-corrected chi connectivity index (χ0v) is 40.7. The van der Waals surface area contributed by atoms with Gasteiger partial charge in [0.2, 0.25) is 0 Å². The topological polar surface area (TPSA) is 13.1 Å². The molecule has 0 aliphatic rings. The molecule has 0 saturated heterocycles. The highest BCUT2D eigenvalue weighted by Crippen LogP contribution is 2.48. The van der Waals surface area contributed by atoms with Crippen molar-refractivity contribution in [2.45, 2.75) is 12.8 Å². The average Bonchev–Trinajstić information content (AvgIpc) is 1.59. The Labute approximate surface area is 477 Å². The van der Waals surface area contributed by atoms with E-state index in [-0.39, 0.29) is 70.9 Å². The lowest BCUT2D eigenvalue weighted by Gasteiger charge is -2.20. The number of fused-ring (bicyclic) bond motifs is 14. The van der Waals surface area contributed by atoms with Gasteiger partial charge in [0.1, 0.15) is 11.2 Å². The van der Waals surface area contributed by atoms with E-state index in [2.05, 4.69) is 146 Å². The largest absolute Gasteiger partial charge is 0.455 e. The van der Waals surface area contributed by atoms with Crippen LogP contribution in [0, 0.1) is 0 Å². The Morgan fingerprint density at radius 2 is 0.844 bits per heavy atom. The average molecular weight is 1000 g/mol. The third kappa shape index (κ3) is 7.46. The summed E-state index contributed by atoms with van der Waals surface area (Å²) in [5, 5.41) is 10.3. The van der Waals surface area contributed by atoms with E-state index in [1.54, 1.807) is 0 Å². The van der Waals surface area contributed by atoms with Gasteiger partial charge in [0.05, 0.1) is 30.2 Å². The molecule has 1 aromatic heterocycles. The summed E-state index contributed by atoms with van der Waals surface area (Å²) >= 11 is 0. The smallest absolute Gasteiger partial charge is 0.143 e. The first-order valence-corrected chi connectivity index (χ1v) is 25.0. The molecule has 0 N–H and O–H groups in total. The number of hydrogen-bond acceptors (Lipinski definition) is 1. The van der Waals surface area contributed by atoms with Gasteiger partial charge in [-0.3, -0.25) is 0 Å². The summed E-state index contributed by atoms with van der Waals surface area (Å²) in [6.45, 7) is 0. The van der Waals surface area contributed by atoms with Gasteiger partial charge in [-0.2, -0.15) is 0 Å². The second-order valence-corrected chi connectivity index (χ2v) is 18.8. The van der Waals surface area contributed by atoms with Gasteiger partial charge in [0.15, 0.2) is 0 Å². The molecule has 77 heavy (non-hydrogen) atoms. The van der Waals surface area contributed by atoms with Crippen LogP contribution in [-0.2, 0) is 12.8 Å². The predicted molar refractivity (Wildman–Crippen MR) is 330 cm³/mol. The SMILES string of the molecule is [2H]c1c([2H])c([2H])c(Cc2c3c([2H])c([2H])c([2H])c([2H])c3c(Cc3c([2H])c([2H])c([2H])c4oc5c6c([2H])c([2H])c([2H])c([2H])c6c([2H])c([2H])c5c34)c3c([2H])c([2H])c([2H])c([2H])c23)c([2H])c1[2H].c1ccc(-c2c3ccccc3c(-c3cc4ccc5ccccc5c4c4ccccc34)c3ccccc23)cc1. The molecule has 0 saturated carbocycles. The van der Waals surface area contributed by atoms with Gasteiger partial charge in [-0.15, -0.1) is 0 Å². The van der Waals surface area contributed by atoms with Crippen LogP contribution in [0.4, 0.5) is 0 Å². The fourth-order valence-corrected chi connectivity index (χ4v) is 11.4. The Hall–Kier alpha value is -9.82. The molecule has 0 amide bonds. The van der Waals surface area contributed by atoms with Crippen molar-refractivity contribution in [3.63, 3.8) is 0 Å². The fraction of sp³-hybridized carbons (Fsp3) is 0.0263. The van der Waals surface area contributed by atoms with E-state index >= 15 is 0 Å². The third-order valence-electron chi connectivity index (χ3n) is 14.7. The molecule has 0 aliphatic heterocycles. The Kier molecular flexibility index (Phi) is 6.65. The molecule has 16 aromatic rings. The summed E-state index contributed by atoms with van der Waals surface area (Å²) in [4.78, 5) is 0. The Balaban J connectivity index is 0.000000178. The standard InChI is InChI=1S/C38H26O.C38H24/c1-2-11-25(12-3-1)23-34-29-16-6-8-18-31(29)35(32-19-9-7-17-30(32)34)24-27-14-10-20-36-37(27)33-22-21-26-13-4-5-15-28(26)38(33)39-36;1-2-13-26(14-3-1)36-31-18-8-10-20-33(31)38(34-21-11-9-19-32(34)36)35-24-27-23-22-25-12-4-5-15-28(25)37(27)30-17-7-6-16-29(30)35/h1-22H,23-24H2;1-24H/i1D,2D,3D,4D,5D,6D,7D,8D,9D,10D,11D,12D,13D,14D,15D,16D,17D,18D,19D,20D,21D,22D;. The van der Waals surface area contributed by atoms with Crippen molar-refractivity contribution >= 4 is 108 Å². The molecule has 1 heterocycles. The molecule has 0 radical (unpaired) electrons. The molecule has 1 nitrogen and oxygen atoms in total. The number of rotatable bonds is 6. The summed E-state index contributed by atoms with van der Waals surface area (Å²) in [6.07, 6.45) is -1.38. The fourth-order valence-electron chi connectivity index (χ4n) is 11.4. The quantitative estimate of drug-likeness (QED) is 0.120. The van der Waals surface area contributed by atoms with Crippen LogP contribution < -0.4 is 0 Å². The minimum Gasteiger partial charge on any atom is -0.455 e. The minimum atomic E-state index is -0.784. The zero-order valence-electron chi connectivity index (χ0n) is 62.7. The second kappa shape index (κ2) is 18.5. The van der Waals surface area contributed by atoms with Crippen LogP contribution in [0.3, 0.4) is 0 Å². The van der Waals surface area contributed by atoms with Crippen molar-refractivity contribution in [3.8, 4) is 22.3 Å². The lowest BCUT2D eigenvalue weighted by Crippen LogP contribution is -1.98. The lowest BCUT2D eigenvalue weighted by molar-refractivity contribution is 0.672. The summed E-state index contributed by atoms with van der Waals surface area (Å²) in [5.41, 5.74) is 3.27. The first kappa shape index (κ1) is 27.6. The van der Waals surface area contributed by atoms with E-state index in [0.29, 0.717) is 0 Å². The van der Waals surface area contributed by atoms with Crippen LogP contribution in [-0.4, -0.2) is 0 Å². The second-order valence-electron chi connectivity index (χ2n) is 18.8. The summed E-state index contributed by atoms with van der Waals surface area (Å²) in [7, 11) is 0. The van der Waals surface area contributed by atoms with E-state index in [0.717, 1.165) is 0 Å². The van der Waals surface area contributed by atoms with Gasteiger partial charge in [-0.1, -0.05) is 260 Å². The van der Waals surface area contributed by atoms with Crippen LogP contribution in [0.1, 0.15) is 52.4 Å². The molecule has 0 spiro atoms. The molecule has 0 bridgehead atoms. The molecule has 0 atom stereocenters. The Bertz CT molecular complexity index is 6160. The van der Waals surface area contributed by atoms with Crippen LogP contribution in [0.15, 0.2) is 283 Å². The van der Waals surface area contributed by atoms with E-state index in [9.17, 15) is 4.11 Å². The van der Waals surface area contributed by atoms with E-state index in [1.165, 1.54) is 76.1 Å². The molecular formula is C76H50O. The highest BCUT2D eigenvalue weighted by atomic mass is 16.3. The van der Waals surface area contributed by atoms with Crippen molar-refractivity contribution < 1.29 is 34.6 Å². The van der Waals surface area contributed by atoms with Crippen molar-refractivity contribution in [3.05, 3.63) is 301 Å². The van der Waals surface area contributed by atoms with Crippen LogP contribution in [0.2, 0.25) is 0 Å². The highest BCUT2D eigenvalue weighted by molar-refractivity contribution is 6.28. The van der Waals surface area contributed by atoms with Crippen LogP contribution >= 0.6 is 0 Å². The lowest BCUT2D eigenvalue weighted by atomic mass is 9.83. The van der Waals surface area contributed by atoms with E-state index in [4.69, 9.17) is 30.5 Å². The van der Waals surface area contributed by atoms with Gasteiger partial charge in [-0.25, -0.2) is 0 Å². The predicted octanol–water partition coefficient (Wildman–Crippen LogP) is 21.0. The van der Waals surface area contributed by atoms with Crippen molar-refractivity contribution in [2.75, 3.05) is 0 Å². The maximum Gasteiger partial charge on any atom is 0.143 e. The number of furan rings is 1. The Morgan fingerprint density at radius 1 is 0.312 bits per heavy atom. The molecule has 0 fully saturated rings. The third-order valence-corrected chi connectivity index (χ3v) is 14.7. The summed E-state index contributed by atoms with van der Waals surface area (Å²) < 4.78 is 198. The van der Waals surface area contributed by atoms with Gasteiger partial charge in [0.25, 0.3) is 0 Å². The zero-order chi connectivity index (χ0) is 70.0. The monoisotopic (exact) mass is 1000 g/mol. The molecule has 1 heteroatoms. The van der Waals surface area contributed by atoms with Crippen molar-refractivity contribution in [1.82, 2.24) is 0 Å². The van der Waals surface area contributed by atoms with Gasteiger partial charge in [-0.05, 0) is 156 Å². The first-order chi connectivity index (χ1) is 47.4. The number of hydrogen-bond donors (Lipinski definition) is 0. The maximum absolute atomic E-state index is 9.21. The Morgan fingerprint density at radius 3 is 1.52 bits per heavy atom. The summed E-state index contributed by atoms with van der Waals surface area (Å²) in [5.74, 6) is 0. The molecule has 360 valence electrons. The maximum atomic E-state index is 9.21. The molecular weight excluding hydrogens is 929 g/mol. The molecule has 0 unspecified atom stereocenters.